The molecular weight excluding hydrogens is 172 g/mol. The highest BCUT2D eigenvalue weighted by molar-refractivity contribution is 5.82. The van der Waals surface area contributed by atoms with E-state index in [1.54, 1.807) is 0 Å². The van der Waals surface area contributed by atoms with Crippen molar-refractivity contribution < 1.29 is 0 Å². The lowest BCUT2D eigenvalue weighted by Crippen LogP contribution is -2.33. The van der Waals surface area contributed by atoms with Gasteiger partial charge in [0, 0.05) is 19.0 Å². The third-order valence-electron chi connectivity index (χ3n) is 2.61. The first-order chi connectivity index (χ1) is 6.68. The van der Waals surface area contributed by atoms with Crippen molar-refractivity contribution in [3.05, 3.63) is 0 Å². The first kappa shape index (κ1) is 11.5. The van der Waals surface area contributed by atoms with E-state index in [1.807, 2.05) is 0 Å². The zero-order chi connectivity index (χ0) is 10.4. The van der Waals surface area contributed by atoms with Gasteiger partial charge in [0.15, 0.2) is 0 Å². The Labute approximate surface area is 88.2 Å². The first-order valence-electron chi connectivity index (χ1n) is 5.98. The monoisotopic (exact) mass is 196 g/mol. The summed E-state index contributed by atoms with van der Waals surface area (Å²) in [6, 6.07) is 0.576. The zero-order valence-electron chi connectivity index (χ0n) is 9.84. The van der Waals surface area contributed by atoms with Gasteiger partial charge in [-0.15, -0.1) is 0 Å². The number of nitrogens with zero attached hydrogens (tertiary/aromatic N) is 1. The Morgan fingerprint density at radius 1 is 1.21 bits per heavy atom. The summed E-state index contributed by atoms with van der Waals surface area (Å²) in [5, 5.41) is 3.54. The molecule has 1 aliphatic heterocycles. The molecule has 0 saturated heterocycles. The van der Waals surface area contributed by atoms with E-state index in [-0.39, 0.29) is 0 Å². The molecule has 14 heavy (non-hydrogen) atoms. The zero-order valence-corrected chi connectivity index (χ0v) is 9.84. The number of aliphatic imine (C=N–C) groups is 1. The average molecular weight is 196 g/mol. The van der Waals surface area contributed by atoms with Gasteiger partial charge in [0.2, 0.25) is 0 Å². The van der Waals surface area contributed by atoms with E-state index in [9.17, 15) is 0 Å². The second-order valence-electron chi connectivity index (χ2n) is 4.81. The predicted octanol–water partition coefficient (Wildman–Crippen LogP) is 2.98. The fraction of sp³-hybridized carbons (Fsp3) is 0.917. The van der Waals surface area contributed by atoms with Crippen molar-refractivity contribution in [3.63, 3.8) is 0 Å². The van der Waals surface area contributed by atoms with Crippen molar-refractivity contribution in [1.29, 1.82) is 0 Å². The topological polar surface area (TPSA) is 24.4 Å². The van der Waals surface area contributed by atoms with E-state index in [2.05, 4.69) is 31.1 Å². The Kier molecular flexibility index (Phi) is 4.99. The van der Waals surface area contributed by atoms with E-state index in [0.29, 0.717) is 6.04 Å². The molecule has 1 rings (SSSR count). The predicted molar refractivity (Wildman–Crippen MR) is 62.8 cm³/mol. The smallest absolute Gasteiger partial charge is 0.0965 e. The highest BCUT2D eigenvalue weighted by Gasteiger charge is 2.08. The molecule has 82 valence electrons. The molecule has 1 atom stereocenters. The number of nitrogens with one attached hydrogen (secondary N) is 1. The molecule has 1 aliphatic rings. The first-order valence-corrected chi connectivity index (χ1v) is 5.98. The third kappa shape index (κ3) is 4.64. The number of amidine groups is 1. The van der Waals surface area contributed by atoms with Gasteiger partial charge >= 0.3 is 0 Å². The van der Waals surface area contributed by atoms with Crippen LogP contribution in [0.5, 0.6) is 0 Å². The largest absolute Gasteiger partial charge is 0.371 e. The van der Waals surface area contributed by atoms with E-state index in [4.69, 9.17) is 0 Å². The van der Waals surface area contributed by atoms with Crippen LogP contribution in [0, 0.1) is 5.92 Å². The highest BCUT2D eigenvalue weighted by atomic mass is 15.0. The lowest BCUT2D eigenvalue weighted by atomic mass is 10.1. The van der Waals surface area contributed by atoms with Crippen molar-refractivity contribution in [2.75, 3.05) is 6.54 Å². The van der Waals surface area contributed by atoms with Crippen LogP contribution >= 0.6 is 0 Å². The number of hydrogen-bond acceptors (Lipinski definition) is 2. The molecule has 0 aromatic heterocycles. The van der Waals surface area contributed by atoms with Crippen LogP contribution in [0.1, 0.15) is 52.9 Å². The van der Waals surface area contributed by atoms with Crippen LogP contribution in [0.3, 0.4) is 0 Å². The molecule has 0 fully saturated rings. The Morgan fingerprint density at radius 2 is 2.00 bits per heavy atom. The number of rotatable bonds is 3. The molecule has 0 aromatic carbocycles. The highest BCUT2D eigenvalue weighted by Crippen LogP contribution is 2.09. The average Bonchev–Trinajstić information content (AvgIpc) is 2.31. The van der Waals surface area contributed by atoms with Crippen LogP contribution in [-0.2, 0) is 0 Å². The molecule has 0 amide bonds. The normalized spacial score (nSPS) is 20.1. The maximum absolute atomic E-state index is 4.58. The van der Waals surface area contributed by atoms with Crippen LogP contribution < -0.4 is 5.32 Å². The molecule has 1 heterocycles. The van der Waals surface area contributed by atoms with Crippen molar-refractivity contribution in [2.45, 2.75) is 58.9 Å². The number of hydrogen-bond donors (Lipinski definition) is 1. The summed E-state index contributed by atoms with van der Waals surface area (Å²) in [5.74, 6) is 2.01. The molecule has 0 radical (unpaired) electrons. The summed E-state index contributed by atoms with van der Waals surface area (Å²) in [4.78, 5) is 4.58. The molecule has 1 unspecified atom stereocenters. The van der Waals surface area contributed by atoms with E-state index in [0.717, 1.165) is 18.9 Å². The summed E-state index contributed by atoms with van der Waals surface area (Å²) in [5.41, 5.74) is 0. The molecule has 0 saturated carbocycles. The van der Waals surface area contributed by atoms with Gasteiger partial charge in [0.1, 0.15) is 0 Å². The molecular formula is C12H24N2. The summed E-state index contributed by atoms with van der Waals surface area (Å²) >= 11 is 0. The molecule has 0 bridgehead atoms. The van der Waals surface area contributed by atoms with Crippen LogP contribution in [0.4, 0.5) is 0 Å². The van der Waals surface area contributed by atoms with E-state index >= 15 is 0 Å². The molecule has 0 spiro atoms. The van der Waals surface area contributed by atoms with E-state index < -0.39 is 0 Å². The Hall–Kier alpha value is -0.530. The summed E-state index contributed by atoms with van der Waals surface area (Å²) < 4.78 is 0. The molecule has 2 nitrogen and oxygen atoms in total. The fourth-order valence-electron chi connectivity index (χ4n) is 2.04. The van der Waals surface area contributed by atoms with Crippen LogP contribution in [0.2, 0.25) is 0 Å². The standard InChI is InChI=1S/C12H24N2/c1-10(2)9-11(3)14-12-7-5-4-6-8-13-12/h10-11H,4-9H2,1-3H3,(H,13,14). The lowest BCUT2D eigenvalue weighted by Gasteiger charge is -2.18. The minimum Gasteiger partial charge on any atom is -0.371 e. The fourth-order valence-corrected chi connectivity index (χ4v) is 2.04. The minimum absolute atomic E-state index is 0.576. The van der Waals surface area contributed by atoms with Crippen molar-refractivity contribution in [2.24, 2.45) is 10.9 Å². The minimum atomic E-state index is 0.576. The van der Waals surface area contributed by atoms with Crippen molar-refractivity contribution in [3.8, 4) is 0 Å². The van der Waals surface area contributed by atoms with Gasteiger partial charge in [-0.25, -0.2) is 0 Å². The second-order valence-corrected chi connectivity index (χ2v) is 4.81. The summed E-state index contributed by atoms with van der Waals surface area (Å²) in [6.45, 7) is 7.82. The molecule has 2 heteroatoms. The Bertz CT molecular complexity index is 185. The molecule has 1 N–H and O–H groups in total. The quantitative estimate of drug-likeness (QED) is 0.737. The van der Waals surface area contributed by atoms with Crippen LogP contribution in [0.15, 0.2) is 4.99 Å². The Balaban J connectivity index is 2.30. The van der Waals surface area contributed by atoms with Gasteiger partial charge in [-0.3, -0.25) is 4.99 Å². The third-order valence-corrected chi connectivity index (χ3v) is 2.61. The molecule has 0 aromatic rings. The van der Waals surface area contributed by atoms with Gasteiger partial charge in [-0.1, -0.05) is 20.3 Å². The van der Waals surface area contributed by atoms with Crippen LogP contribution in [-0.4, -0.2) is 18.4 Å². The van der Waals surface area contributed by atoms with Crippen molar-refractivity contribution >= 4 is 5.84 Å². The van der Waals surface area contributed by atoms with Gasteiger partial charge in [0.25, 0.3) is 0 Å². The second kappa shape index (κ2) is 6.05. The van der Waals surface area contributed by atoms with Gasteiger partial charge in [0.05, 0.1) is 5.84 Å². The SMILES string of the molecule is CC(C)CC(C)NC1=NCCCCC1. The van der Waals surface area contributed by atoms with Crippen LogP contribution in [0.25, 0.3) is 0 Å². The lowest BCUT2D eigenvalue weighted by molar-refractivity contribution is 0.488. The van der Waals surface area contributed by atoms with Gasteiger partial charge in [-0.2, -0.15) is 0 Å². The molecule has 0 aliphatic carbocycles. The van der Waals surface area contributed by atoms with E-state index in [1.165, 1.54) is 31.5 Å². The maximum atomic E-state index is 4.58. The van der Waals surface area contributed by atoms with Gasteiger partial charge < -0.3 is 5.32 Å². The summed E-state index contributed by atoms with van der Waals surface area (Å²) in [6.07, 6.45) is 6.30. The summed E-state index contributed by atoms with van der Waals surface area (Å²) in [7, 11) is 0. The van der Waals surface area contributed by atoms with Crippen molar-refractivity contribution in [1.82, 2.24) is 5.32 Å². The van der Waals surface area contributed by atoms with Gasteiger partial charge in [-0.05, 0) is 32.1 Å². The maximum Gasteiger partial charge on any atom is 0.0965 e. The Morgan fingerprint density at radius 3 is 2.71 bits per heavy atom.